The Balaban J connectivity index is 1.85. The van der Waals surface area contributed by atoms with Gasteiger partial charge in [0.05, 0.1) is 12.6 Å². The van der Waals surface area contributed by atoms with E-state index in [1.54, 1.807) is 6.92 Å². The lowest BCUT2D eigenvalue weighted by Crippen LogP contribution is -2.60. The molecule has 2 aliphatic rings. The Morgan fingerprint density at radius 3 is 2.47 bits per heavy atom. The summed E-state index contributed by atoms with van der Waals surface area (Å²) < 4.78 is 50.9. The number of amides is 2. The second kappa shape index (κ2) is 11.2. The average molecular weight is 516 g/mol. The van der Waals surface area contributed by atoms with E-state index in [1.807, 2.05) is 5.32 Å². The number of nitrogens with one attached hydrogen (secondary N) is 2. The predicted molar refractivity (Wildman–Crippen MR) is 121 cm³/mol. The van der Waals surface area contributed by atoms with Gasteiger partial charge in [0.2, 0.25) is 12.3 Å². The molecule has 1 unspecified atom stereocenters. The molecule has 9 nitrogen and oxygen atoms in total. The predicted octanol–water partition coefficient (Wildman–Crippen LogP) is 2.09. The van der Waals surface area contributed by atoms with Crippen LogP contribution in [0.5, 0.6) is 0 Å². The highest BCUT2D eigenvalue weighted by atomic mass is 19.4. The summed E-state index contributed by atoms with van der Waals surface area (Å²) in [5, 5.41) is 32.0. The topological polar surface area (TPSA) is 120 Å². The van der Waals surface area contributed by atoms with Gasteiger partial charge in [-0.1, -0.05) is 18.6 Å². The molecule has 2 atom stereocenters. The van der Waals surface area contributed by atoms with E-state index in [2.05, 4.69) is 0 Å². The van der Waals surface area contributed by atoms with Gasteiger partial charge >= 0.3 is 6.18 Å². The normalized spacial score (nSPS) is 23.2. The minimum absolute atomic E-state index is 0.0518. The van der Waals surface area contributed by atoms with E-state index < -0.39 is 54.3 Å². The van der Waals surface area contributed by atoms with Crippen LogP contribution in [0.1, 0.15) is 31.7 Å². The zero-order chi connectivity index (χ0) is 26.6. The van der Waals surface area contributed by atoms with Crippen LogP contribution in [0.3, 0.4) is 0 Å². The maximum Gasteiger partial charge on any atom is 0.405 e. The van der Waals surface area contributed by atoms with Gasteiger partial charge in [0.25, 0.3) is 5.91 Å². The van der Waals surface area contributed by atoms with Gasteiger partial charge in [0.1, 0.15) is 29.5 Å². The minimum atomic E-state index is -4.57. The van der Waals surface area contributed by atoms with Gasteiger partial charge < -0.3 is 20.4 Å². The van der Waals surface area contributed by atoms with Crippen LogP contribution in [0.4, 0.5) is 17.6 Å². The summed E-state index contributed by atoms with van der Waals surface area (Å²) in [4.78, 5) is 29.1. The van der Waals surface area contributed by atoms with Crippen LogP contribution in [0.25, 0.3) is 0 Å². The van der Waals surface area contributed by atoms with E-state index in [0.717, 1.165) is 9.80 Å². The molecule has 2 saturated heterocycles. The number of aliphatic hydroxyl groups is 2. The number of alkyl halides is 3. The summed E-state index contributed by atoms with van der Waals surface area (Å²) in [6.07, 6.45) is -4.57. The number of likely N-dealkylation sites (tertiary alicyclic amines) is 1. The van der Waals surface area contributed by atoms with Crippen LogP contribution in [0, 0.1) is 11.2 Å². The molecule has 1 aromatic rings. The summed E-state index contributed by atoms with van der Waals surface area (Å²) in [6, 6.07) is 4.41. The molecular formula is C23H29F4N5O4. The zero-order valence-corrected chi connectivity index (χ0v) is 19.7. The lowest BCUT2D eigenvalue weighted by Gasteiger charge is -2.42. The quantitative estimate of drug-likeness (QED) is 0.251. The first kappa shape index (κ1) is 27.4. The smallest absolute Gasteiger partial charge is 0.405 e. The Hall–Kier alpha value is -3.19. The second-order valence-electron chi connectivity index (χ2n) is 8.68. The standard InChI is InChI=1S/C23H29F4N5O4/c1-2-31-21(35)18(19(28)32(22(31)36)11-14-6-8-15(24)9-7-14)17(33)12-30-10-4-3-5-16(30)20(34)29-13-23(25,26)27/h6-9,16,22,28,33,36H,2-5,10-13H2,1H3,(H,29,34)/t16-,22?/m1/s1. The first-order chi connectivity index (χ1) is 16.9. The summed E-state index contributed by atoms with van der Waals surface area (Å²) in [6.45, 7) is 0.0672. The summed E-state index contributed by atoms with van der Waals surface area (Å²) in [5.74, 6) is -3.09. The van der Waals surface area contributed by atoms with E-state index in [0.29, 0.717) is 24.9 Å². The van der Waals surface area contributed by atoms with E-state index in [9.17, 15) is 37.4 Å². The Morgan fingerprint density at radius 1 is 1.19 bits per heavy atom. The number of aliphatic hydroxyl groups excluding tert-OH is 2. The molecule has 0 radical (unpaired) electrons. The van der Waals surface area contributed by atoms with Crippen molar-refractivity contribution in [1.82, 2.24) is 20.0 Å². The molecule has 198 valence electrons. The molecule has 0 saturated carbocycles. The molecule has 4 N–H and O–H groups in total. The van der Waals surface area contributed by atoms with Crippen molar-refractivity contribution >= 4 is 17.6 Å². The molecule has 3 rings (SSSR count). The highest BCUT2D eigenvalue weighted by Gasteiger charge is 2.41. The number of likely N-dealkylation sites (N-methyl/N-ethyl adjacent to an activating group) is 1. The van der Waals surface area contributed by atoms with Gasteiger partial charge in [0, 0.05) is 13.1 Å². The van der Waals surface area contributed by atoms with Crippen LogP contribution in [0.15, 0.2) is 35.6 Å². The number of halogens is 4. The zero-order valence-electron chi connectivity index (χ0n) is 19.7. The molecule has 2 aliphatic heterocycles. The fourth-order valence-corrected chi connectivity index (χ4v) is 4.35. The number of amidine groups is 1. The highest BCUT2D eigenvalue weighted by Crippen LogP contribution is 2.26. The number of nitrogens with zero attached hydrogens (tertiary/aromatic N) is 3. The van der Waals surface area contributed by atoms with Crippen molar-refractivity contribution in [3.8, 4) is 0 Å². The Labute approximate surface area is 205 Å². The van der Waals surface area contributed by atoms with E-state index in [4.69, 9.17) is 5.41 Å². The lowest BCUT2D eigenvalue weighted by atomic mass is 10.00. The molecule has 2 fully saturated rings. The molecule has 0 aliphatic carbocycles. The molecule has 36 heavy (non-hydrogen) atoms. The van der Waals surface area contributed by atoms with Crippen molar-refractivity contribution in [3.63, 3.8) is 0 Å². The Morgan fingerprint density at radius 2 is 1.86 bits per heavy atom. The van der Waals surface area contributed by atoms with Crippen molar-refractivity contribution < 1.29 is 37.4 Å². The highest BCUT2D eigenvalue weighted by molar-refractivity contribution is 6.21. The fraction of sp³-hybridized carbons (Fsp3) is 0.522. The monoisotopic (exact) mass is 515 g/mol. The number of rotatable bonds is 7. The number of hydrogen-bond acceptors (Lipinski definition) is 6. The lowest BCUT2D eigenvalue weighted by molar-refractivity contribution is -0.151. The van der Waals surface area contributed by atoms with Crippen LogP contribution >= 0.6 is 0 Å². The third-order valence-corrected chi connectivity index (χ3v) is 6.18. The second-order valence-corrected chi connectivity index (χ2v) is 8.68. The Bertz CT molecular complexity index is 1010. The molecule has 0 spiro atoms. The summed E-state index contributed by atoms with van der Waals surface area (Å²) in [5.41, 5.74) is 0.158. The molecule has 1 aromatic carbocycles. The van der Waals surface area contributed by atoms with E-state index in [-0.39, 0.29) is 31.6 Å². The summed E-state index contributed by atoms with van der Waals surface area (Å²) in [7, 11) is 0. The molecule has 13 heteroatoms. The first-order valence-corrected chi connectivity index (χ1v) is 11.5. The van der Waals surface area contributed by atoms with Gasteiger partial charge in [-0.2, -0.15) is 13.2 Å². The van der Waals surface area contributed by atoms with Crippen molar-refractivity contribution in [1.29, 1.82) is 5.41 Å². The van der Waals surface area contributed by atoms with Gasteiger partial charge in [-0.25, -0.2) is 4.39 Å². The molecule has 0 aromatic heterocycles. The van der Waals surface area contributed by atoms with Crippen molar-refractivity contribution in [2.24, 2.45) is 0 Å². The molecule has 2 amide bonds. The molecule has 2 heterocycles. The van der Waals surface area contributed by atoms with Gasteiger partial charge in [0.15, 0.2) is 0 Å². The van der Waals surface area contributed by atoms with Gasteiger partial charge in [-0.05, 0) is 44.0 Å². The SMILES string of the molecule is CCN1C(=O)C(=C(O)CN2CCCC[C@@H]2C(=O)NCC(F)(F)F)C(=N)N(Cc2ccc(F)cc2)C1O. The number of piperidine rings is 1. The third kappa shape index (κ3) is 6.32. The number of carbonyl (C=O) groups is 2. The van der Waals surface area contributed by atoms with Crippen molar-refractivity contribution in [2.45, 2.75) is 51.3 Å². The Kier molecular flexibility index (Phi) is 8.56. The number of carbonyl (C=O) groups excluding carboxylic acids is 2. The van der Waals surface area contributed by atoms with Crippen LogP contribution in [-0.4, -0.2) is 87.3 Å². The van der Waals surface area contributed by atoms with Crippen molar-refractivity contribution in [3.05, 3.63) is 47.0 Å². The third-order valence-electron chi connectivity index (χ3n) is 6.18. The number of benzene rings is 1. The molecular weight excluding hydrogens is 486 g/mol. The van der Waals surface area contributed by atoms with Crippen LogP contribution in [0.2, 0.25) is 0 Å². The van der Waals surface area contributed by atoms with E-state index >= 15 is 0 Å². The van der Waals surface area contributed by atoms with Crippen LogP contribution < -0.4 is 5.32 Å². The maximum atomic E-state index is 13.3. The average Bonchev–Trinajstić information content (AvgIpc) is 2.81. The first-order valence-electron chi connectivity index (χ1n) is 11.5. The van der Waals surface area contributed by atoms with E-state index in [1.165, 1.54) is 29.2 Å². The van der Waals surface area contributed by atoms with Crippen LogP contribution in [-0.2, 0) is 16.1 Å². The largest absolute Gasteiger partial charge is 0.510 e. The fourth-order valence-electron chi connectivity index (χ4n) is 4.35. The van der Waals surface area contributed by atoms with Crippen molar-refractivity contribution in [2.75, 3.05) is 26.2 Å². The number of hydrogen-bond donors (Lipinski definition) is 4. The molecule has 0 bridgehead atoms. The maximum absolute atomic E-state index is 13.3. The van der Waals surface area contributed by atoms with Gasteiger partial charge in [-0.15, -0.1) is 0 Å². The minimum Gasteiger partial charge on any atom is -0.510 e. The van der Waals surface area contributed by atoms with Gasteiger partial charge in [-0.3, -0.25) is 24.8 Å². The summed E-state index contributed by atoms with van der Waals surface area (Å²) >= 11 is 0.